The lowest BCUT2D eigenvalue weighted by Crippen LogP contribution is -2.56. The van der Waals surface area contributed by atoms with E-state index < -0.39 is 0 Å². The number of nitrogens with two attached hydrogens (primary N) is 1. The van der Waals surface area contributed by atoms with E-state index in [1.807, 2.05) is 4.90 Å². The minimum atomic E-state index is 0.0728. The number of amides is 1. The van der Waals surface area contributed by atoms with Crippen molar-refractivity contribution in [1.29, 1.82) is 0 Å². The maximum atomic E-state index is 11.7. The van der Waals surface area contributed by atoms with Crippen LogP contribution in [0.5, 0.6) is 0 Å². The molecule has 2 saturated heterocycles. The minimum Gasteiger partial charge on any atom is -0.395 e. The number of aliphatic hydroxyl groups is 1. The van der Waals surface area contributed by atoms with Gasteiger partial charge in [-0.15, -0.1) is 0 Å². The first kappa shape index (κ1) is 14.7. The van der Waals surface area contributed by atoms with Crippen molar-refractivity contribution >= 4 is 5.91 Å². The van der Waals surface area contributed by atoms with Crippen LogP contribution in [0.2, 0.25) is 0 Å². The molecule has 19 heavy (non-hydrogen) atoms. The van der Waals surface area contributed by atoms with Crippen LogP contribution >= 0.6 is 0 Å². The number of likely N-dealkylation sites (tertiary alicyclic amines) is 1. The van der Waals surface area contributed by atoms with Crippen LogP contribution in [0, 0.1) is 0 Å². The Balaban J connectivity index is 1.80. The summed E-state index contributed by atoms with van der Waals surface area (Å²) in [7, 11) is 0. The highest BCUT2D eigenvalue weighted by Crippen LogP contribution is 2.17. The molecule has 1 unspecified atom stereocenters. The summed E-state index contributed by atoms with van der Waals surface area (Å²) < 4.78 is 0. The third-order valence-electron chi connectivity index (χ3n) is 4.26. The number of hydrogen-bond acceptors (Lipinski definition) is 5. The molecule has 6 nitrogen and oxygen atoms in total. The van der Waals surface area contributed by atoms with Gasteiger partial charge in [-0.25, -0.2) is 0 Å². The van der Waals surface area contributed by atoms with E-state index >= 15 is 0 Å². The van der Waals surface area contributed by atoms with Gasteiger partial charge in [-0.05, 0) is 12.8 Å². The number of aliphatic hydroxyl groups excluding tert-OH is 1. The van der Waals surface area contributed by atoms with Crippen molar-refractivity contribution in [3.63, 3.8) is 0 Å². The average Bonchev–Trinajstić information content (AvgIpc) is 2.48. The summed E-state index contributed by atoms with van der Waals surface area (Å²) in [5.41, 5.74) is 5.44. The Morgan fingerprint density at radius 3 is 2.58 bits per heavy atom. The van der Waals surface area contributed by atoms with Crippen molar-refractivity contribution in [2.75, 3.05) is 59.0 Å². The number of nitrogens with zero attached hydrogens (tertiary/aromatic N) is 3. The quantitative estimate of drug-likeness (QED) is 0.654. The second-order valence-corrected chi connectivity index (χ2v) is 5.44. The Bertz CT molecular complexity index is 292. The summed E-state index contributed by atoms with van der Waals surface area (Å²) in [5, 5.41) is 8.94. The lowest BCUT2D eigenvalue weighted by Gasteiger charge is -2.43. The van der Waals surface area contributed by atoms with Crippen molar-refractivity contribution in [3.05, 3.63) is 0 Å². The molecule has 110 valence electrons. The lowest BCUT2D eigenvalue weighted by molar-refractivity contribution is -0.132. The van der Waals surface area contributed by atoms with Crippen molar-refractivity contribution in [2.45, 2.75) is 18.9 Å². The average molecular weight is 270 g/mol. The van der Waals surface area contributed by atoms with Gasteiger partial charge in [-0.2, -0.15) is 0 Å². The first-order chi connectivity index (χ1) is 9.24. The molecule has 0 bridgehead atoms. The van der Waals surface area contributed by atoms with E-state index in [1.54, 1.807) is 0 Å². The van der Waals surface area contributed by atoms with Crippen LogP contribution in [0.3, 0.4) is 0 Å². The van der Waals surface area contributed by atoms with Crippen LogP contribution in [-0.2, 0) is 4.79 Å². The number of piperidine rings is 1. The van der Waals surface area contributed by atoms with Crippen LogP contribution in [0.15, 0.2) is 0 Å². The number of carbonyl (C=O) groups excluding carboxylic acids is 1. The van der Waals surface area contributed by atoms with Crippen LogP contribution in [-0.4, -0.2) is 90.7 Å². The van der Waals surface area contributed by atoms with Crippen LogP contribution in [0.25, 0.3) is 0 Å². The highest BCUT2D eigenvalue weighted by molar-refractivity contribution is 5.78. The lowest BCUT2D eigenvalue weighted by atomic mass is 10.0. The fraction of sp³-hybridized carbons (Fsp3) is 0.923. The van der Waals surface area contributed by atoms with E-state index in [2.05, 4.69) is 9.80 Å². The zero-order chi connectivity index (χ0) is 13.7. The standard InChI is InChI=1S/C13H26N4O2/c14-10-13(19)17-3-1-2-12(11-17)16-6-4-15(5-7-16)8-9-18/h12,18H,1-11,14H2. The number of carbonyl (C=O) groups is 1. The molecule has 0 spiro atoms. The maximum absolute atomic E-state index is 11.7. The predicted octanol–water partition coefficient (Wildman–Crippen LogP) is -1.45. The molecule has 0 aliphatic carbocycles. The molecule has 1 atom stereocenters. The van der Waals surface area contributed by atoms with E-state index in [0.717, 1.165) is 52.2 Å². The van der Waals surface area contributed by atoms with E-state index in [-0.39, 0.29) is 19.1 Å². The molecule has 0 saturated carbocycles. The molecule has 2 aliphatic heterocycles. The molecule has 2 fully saturated rings. The molecular formula is C13H26N4O2. The van der Waals surface area contributed by atoms with E-state index in [4.69, 9.17) is 10.8 Å². The summed E-state index contributed by atoms with van der Waals surface area (Å²) in [5.74, 6) is 0.0728. The van der Waals surface area contributed by atoms with Gasteiger partial charge in [0.2, 0.25) is 5.91 Å². The molecular weight excluding hydrogens is 244 g/mol. The summed E-state index contributed by atoms with van der Waals surface area (Å²) in [6, 6.07) is 0.487. The molecule has 1 amide bonds. The summed E-state index contributed by atoms with van der Waals surface area (Å²) in [4.78, 5) is 18.4. The van der Waals surface area contributed by atoms with E-state index in [1.165, 1.54) is 6.42 Å². The Labute approximate surface area is 115 Å². The topological polar surface area (TPSA) is 73.0 Å². The third-order valence-corrected chi connectivity index (χ3v) is 4.26. The van der Waals surface area contributed by atoms with Gasteiger partial charge >= 0.3 is 0 Å². The van der Waals surface area contributed by atoms with Gasteiger partial charge in [0.25, 0.3) is 0 Å². The first-order valence-corrected chi connectivity index (χ1v) is 7.29. The molecule has 0 radical (unpaired) electrons. The Morgan fingerprint density at radius 1 is 1.21 bits per heavy atom. The Kier molecular flexibility index (Phi) is 5.57. The maximum Gasteiger partial charge on any atom is 0.236 e. The normalized spacial score (nSPS) is 26.6. The highest BCUT2D eigenvalue weighted by atomic mass is 16.3. The largest absolute Gasteiger partial charge is 0.395 e. The van der Waals surface area contributed by atoms with Gasteiger partial charge in [0.15, 0.2) is 0 Å². The molecule has 0 aromatic heterocycles. The van der Waals surface area contributed by atoms with Crippen molar-refractivity contribution in [2.24, 2.45) is 5.73 Å². The fourth-order valence-electron chi connectivity index (χ4n) is 3.10. The second-order valence-electron chi connectivity index (χ2n) is 5.44. The smallest absolute Gasteiger partial charge is 0.236 e. The van der Waals surface area contributed by atoms with Crippen molar-refractivity contribution in [1.82, 2.24) is 14.7 Å². The van der Waals surface area contributed by atoms with Crippen molar-refractivity contribution < 1.29 is 9.90 Å². The molecule has 0 aromatic carbocycles. The monoisotopic (exact) mass is 270 g/mol. The van der Waals surface area contributed by atoms with Gasteiger partial charge in [0.05, 0.1) is 13.2 Å². The highest BCUT2D eigenvalue weighted by Gasteiger charge is 2.29. The van der Waals surface area contributed by atoms with E-state index in [9.17, 15) is 4.79 Å². The summed E-state index contributed by atoms with van der Waals surface area (Å²) in [6.07, 6.45) is 2.25. The molecule has 6 heteroatoms. The Morgan fingerprint density at radius 2 is 1.95 bits per heavy atom. The number of rotatable bonds is 4. The zero-order valence-corrected chi connectivity index (χ0v) is 11.6. The second kappa shape index (κ2) is 7.19. The Hall–Kier alpha value is -0.690. The molecule has 3 N–H and O–H groups in total. The summed E-state index contributed by atoms with van der Waals surface area (Å²) in [6.45, 7) is 6.93. The number of piperazine rings is 1. The van der Waals surface area contributed by atoms with Gasteiger partial charge in [-0.3, -0.25) is 14.6 Å². The summed E-state index contributed by atoms with van der Waals surface area (Å²) >= 11 is 0. The molecule has 2 rings (SSSR count). The van der Waals surface area contributed by atoms with Crippen molar-refractivity contribution in [3.8, 4) is 0 Å². The molecule has 2 aliphatic rings. The first-order valence-electron chi connectivity index (χ1n) is 7.29. The van der Waals surface area contributed by atoms with Gasteiger partial charge in [0, 0.05) is 51.9 Å². The van der Waals surface area contributed by atoms with Crippen LogP contribution in [0.4, 0.5) is 0 Å². The molecule has 2 heterocycles. The minimum absolute atomic E-state index is 0.0728. The number of hydrogen-bond donors (Lipinski definition) is 2. The van der Waals surface area contributed by atoms with Crippen LogP contribution in [0.1, 0.15) is 12.8 Å². The number of β-amino-alcohol motifs (C(OH)–C–C–N with tert-alkyl or cyclic N) is 1. The zero-order valence-electron chi connectivity index (χ0n) is 11.6. The predicted molar refractivity (Wildman–Crippen MR) is 73.8 cm³/mol. The fourth-order valence-corrected chi connectivity index (χ4v) is 3.10. The molecule has 0 aromatic rings. The third kappa shape index (κ3) is 3.89. The van der Waals surface area contributed by atoms with Gasteiger partial charge < -0.3 is 15.7 Å². The van der Waals surface area contributed by atoms with Gasteiger partial charge in [0.1, 0.15) is 0 Å². The van der Waals surface area contributed by atoms with E-state index in [0.29, 0.717) is 6.04 Å². The SMILES string of the molecule is NCC(=O)N1CCCC(N2CCN(CCO)CC2)C1. The van der Waals surface area contributed by atoms with Gasteiger partial charge in [-0.1, -0.05) is 0 Å². The van der Waals surface area contributed by atoms with Crippen LogP contribution < -0.4 is 5.73 Å².